The zero-order chi connectivity index (χ0) is 37.9. The number of rotatable bonds is 11. The average molecular weight is 759 g/mol. The summed E-state index contributed by atoms with van der Waals surface area (Å²) in [6, 6.07) is 32.2. The fourth-order valence-electron chi connectivity index (χ4n) is 6.82. The minimum atomic E-state index is -0.921. The topological polar surface area (TPSA) is 118 Å². The Labute approximate surface area is 319 Å². The molecule has 54 heavy (non-hydrogen) atoms. The highest BCUT2D eigenvalue weighted by molar-refractivity contribution is 7.07. The Morgan fingerprint density at radius 3 is 2.28 bits per heavy atom. The maximum absolute atomic E-state index is 14.8. The third-order valence-electron chi connectivity index (χ3n) is 9.13. The van der Waals surface area contributed by atoms with Crippen LogP contribution in [-0.4, -0.2) is 33.7 Å². The number of ether oxygens (including phenoxy) is 2. The number of benzene rings is 4. The van der Waals surface area contributed by atoms with Gasteiger partial charge in [-0.3, -0.25) is 19.5 Å². The number of halogens is 1. The van der Waals surface area contributed by atoms with Crippen molar-refractivity contribution >= 4 is 40.7 Å². The number of nitrogens with zero attached hydrogens (tertiary/aromatic N) is 4. The van der Waals surface area contributed by atoms with Gasteiger partial charge in [0.05, 0.1) is 45.8 Å². The first-order valence-electron chi connectivity index (χ1n) is 17.4. The highest BCUT2D eigenvalue weighted by Crippen LogP contribution is 2.39. The molecule has 1 aliphatic heterocycles. The normalized spacial score (nSPS) is 14.1. The molecule has 3 heterocycles. The molecule has 0 N–H and O–H groups in total. The Hall–Kier alpha value is -6.04. The Bertz CT molecular complexity index is 2590. The van der Waals surface area contributed by atoms with Gasteiger partial charge in [-0.25, -0.2) is 9.79 Å². The van der Waals surface area contributed by atoms with Crippen LogP contribution in [0.2, 0.25) is 5.02 Å². The van der Waals surface area contributed by atoms with Crippen molar-refractivity contribution in [3.05, 3.63) is 166 Å². The van der Waals surface area contributed by atoms with Crippen LogP contribution in [0.25, 0.3) is 34.3 Å². The summed E-state index contributed by atoms with van der Waals surface area (Å²) in [5.74, 6) is -0.109. The van der Waals surface area contributed by atoms with Crippen LogP contribution in [-0.2, 0) is 9.53 Å². The first-order chi connectivity index (χ1) is 26.2. The molecule has 0 aliphatic carbocycles. The summed E-state index contributed by atoms with van der Waals surface area (Å²) in [6.07, 6.45) is 3.03. The van der Waals surface area contributed by atoms with E-state index in [1.54, 1.807) is 37.3 Å². The molecule has 2 aromatic heterocycles. The smallest absolute Gasteiger partial charge is 0.338 e. The number of hydrogen-bond acceptors (Lipinski definition) is 8. The molecule has 7 rings (SSSR count). The van der Waals surface area contributed by atoms with Crippen LogP contribution in [0.5, 0.6) is 5.75 Å². The third kappa shape index (κ3) is 6.79. The summed E-state index contributed by atoms with van der Waals surface area (Å²) >= 11 is 7.77. The van der Waals surface area contributed by atoms with Crippen molar-refractivity contribution in [1.29, 1.82) is 0 Å². The second kappa shape index (κ2) is 15.5. The summed E-state index contributed by atoms with van der Waals surface area (Å²) in [6.45, 7) is 3.88. The number of aromatic nitrogens is 2. The van der Waals surface area contributed by atoms with E-state index in [1.165, 1.54) is 35.1 Å². The molecule has 12 heteroatoms. The number of non-ortho nitro benzene ring substituents is 1. The van der Waals surface area contributed by atoms with Crippen LogP contribution in [0, 0.1) is 10.1 Å². The van der Waals surface area contributed by atoms with Crippen molar-refractivity contribution in [3.8, 4) is 34.0 Å². The molecule has 272 valence electrons. The van der Waals surface area contributed by atoms with Gasteiger partial charge < -0.3 is 14.0 Å². The van der Waals surface area contributed by atoms with Gasteiger partial charge in [0.25, 0.3) is 11.2 Å². The molecule has 1 aliphatic rings. The van der Waals surface area contributed by atoms with E-state index in [-0.39, 0.29) is 23.4 Å². The van der Waals surface area contributed by atoms with Gasteiger partial charge in [-0.1, -0.05) is 96.9 Å². The minimum absolute atomic E-state index is 0.0229. The minimum Gasteiger partial charge on any atom is -0.496 e. The summed E-state index contributed by atoms with van der Waals surface area (Å²) < 4.78 is 15.3. The number of carbonyl (C=O) groups is 1. The molecule has 0 saturated heterocycles. The summed E-state index contributed by atoms with van der Waals surface area (Å²) in [5, 5.41) is 12.0. The van der Waals surface area contributed by atoms with Gasteiger partial charge in [-0.05, 0) is 66.9 Å². The number of esters is 1. The van der Waals surface area contributed by atoms with Crippen molar-refractivity contribution in [2.24, 2.45) is 4.99 Å². The third-order valence-corrected chi connectivity index (χ3v) is 10.3. The van der Waals surface area contributed by atoms with E-state index < -0.39 is 16.9 Å². The summed E-state index contributed by atoms with van der Waals surface area (Å²) in [4.78, 5) is 45.1. The molecule has 0 saturated carbocycles. The molecule has 4 aromatic carbocycles. The molecule has 0 fully saturated rings. The average Bonchev–Trinajstić information content (AvgIpc) is 3.72. The second-order valence-electron chi connectivity index (χ2n) is 12.5. The molecule has 1 atom stereocenters. The van der Waals surface area contributed by atoms with E-state index in [4.69, 9.17) is 26.1 Å². The second-order valence-corrected chi connectivity index (χ2v) is 13.9. The van der Waals surface area contributed by atoms with Gasteiger partial charge in [0.2, 0.25) is 0 Å². The van der Waals surface area contributed by atoms with Gasteiger partial charge in [-0.2, -0.15) is 0 Å². The molecule has 10 nitrogen and oxygen atoms in total. The number of carbonyl (C=O) groups excluding carboxylic acids is 1. The number of methoxy groups -OCH3 is 1. The highest BCUT2D eigenvalue weighted by Gasteiger charge is 2.36. The Kier molecular flexibility index (Phi) is 10.4. The molecular weight excluding hydrogens is 724 g/mol. The fraction of sp³-hybridized carbons (Fsp3) is 0.167. The molecule has 0 bridgehead atoms. The lowest BCUT2D eigenvalue weighted by Crippen LogP contribution is -2.40. The molecular formula is C42H35ClN4O6S. The predicted molar refractivity (Wildman–Crippen MR) is 211 cm³/mol. The van der Waals surface area contributed by atoms with E-state index in [0.717, 1.165) is 28.1 Å². The lowest BCUT2D eigenvalue weighted by atomic mass is 9.93. The van der Waals surface area contributed by atoms with E-state index in [2.05, 4.69) is 4.57 Å². The van der Waals surface area contributed by atoms with Gasteiger partial charge in [0.1, 0.15) is 11.8 Å². The van der Waals surface area contributed by atoms with Crippen molar-refractivity contribution < 1.29 is 19.2 Å². The lowest BCUT2D eigenvalue weighted by molar-refractivity contribution is -0.384. The SMILES string of the molecule is CCCC1=C(C(=O)OCC)[C@H](c2cc(Cl)ccc2OC)n2c(s/c(=C/c3cc(-c4ccccc4)n(-c4ccc([N+](=O)[O-])cc4)c3-c3ccccc3)c2=O)=N1. The number of fused-ring (bicyclic) bond motifs is 1. The summed E-state index contributed by atoms with van der Waals surface area (Å²) in [5.41, 5.74) is 5.77. The number of nitro groups is 1. The highest BCUT2D eigenvalue weighted by atomic mass is 35.5. The fourth-order valence-corrected chi connectivity index (χ4v) is 8.01. The molecule has 6 aromatic rings. The summed E-state index contributed by atoms with van der Waals surface area (Å²) in [7, 11) is 1.53. The van der Waals surface area contributed by atoms with Crippen LogP contribution in [0.1, 0.15) is 43.9 Å². The molecule has 0 spiro atoms. The van der Waals surface area contributed by atoms with Crippen molar-refractivity contribution in [2.75, 3.05) is 13.7 Å². The van der Waals surface area contributed by atoms with Gasteiger partial charge in [-0.15, -0.1) is 0 Å². The largest absolute Gasteiger partial charge is 0.496 e. The lowest BCUT2D eigenvalue weighted by Gasteiger charge is -2.27. The first-order valence-corrected chi connectivity index (χ1v) is 18.6. The number of thiazole rings is 1. The van der Waals surface area contributed by atoms with Crippen molar-refractivity contribution in [3.63, 3.8) is 0 Å². The molecule has 0 radical (unpaired) electrons. The van der Waals surface area contributed by atoms with Crippen LogP contribution in [0.3, 0.4) is 0 Å². The zero-order valence-corrected chi connectivity index (χ0v) is 31.3. The molecule has 0 amide bonds. The Morgan fingerprint density at radius 2 is 1.65 bits per heavy atom. The maximum Gasteiger partial charge on any atom is 0.338 e. The van der Waals surface area contributed by atoms with Gasteiger partial charge in [0, 0.05) is 34.0 Å². The quantitative estimate of drug-likeness (QED) is 0.0746. The van der Waals surface area contributed by atoms with Crippen LogP contribution >= 0.6 is 22.9 Å². The van der Waals surface area contributed by atoms with Gasteiger partial charge >= 0.3 is 5.97 Å². The number of nitro benzene ring substituents is 1. The van der Waals surface area contributed by atoms with E-state index in [1.807, 2.05) is 79.7 Å². The standard InChI is InChI=1S/C42H35ClN4O6S/c1-4-12-33-37(41(49)53-5-2)39(32-25-29(43)17-22-35(32)52-3)46-40(48)36(54-42(46)44-33)24-28-23-34(26-13-8-6-9-14-26)45(38(28)27-15-10-7-11-16-27)30-18-20-31(21-19-30)47(50)51/h6-11,13-25,39H,4-5,12H2,1-3H3/b36-24+/t39-/m0/s1. The number of hydrogen-bond donors (Lipinski definition) is 0. The van der Waals surface area contributed by atoms with Crippen LogP contribution in [0.15, 0.2) is 130 Å². The van der Waals surface area contributed by atoms with Gasteiger partial charge in [0.15, 0.2) is 4.80 Å². The van der Waals surface area contributed by atoms with Crippen molar-refractivity contribution in [1.82, 2.24) is 9.13 Å². The van der Waals surface area contributed by atoms with E-state index in [9.17, 15) is 19.7 Å². The maximum atomic E-state index is 14.8. The van der Waals surface area contributed by atoms with E-state index >= 15 is 0 Å². The van der Waals surface area contributed by atoms with Crippen LogP contribution < -0.4 is 19.6 Å². The first kappa shape index (κ1) is 36.3. The Balaban J connectivity index is 1.54. The van der Waals surface area contributed by atoms with Crippen LogP contribution in [0.4, 0.5) is 5.69 Å². The zero-order valence-electron chi connectivity index (χ0n) is 29.7. The molecule has 0 unspecified atom stereocenters. The Morgan fingerprint density at radius 1 is 0.963 bits per heavy atom. The van der Waals surface area contributed by atoms with Crippen molar-refractivity contribution in [2.45, 2.75) is 32.7 Å². The monoisotopic (exact) mass is 758 g/mol. The predicted octanol–water partition coefficient (Wildman–Crippen LogP) is 8.27. The number of allylic oxidation sites excluding steroid dienone is 1. The van der Waals surface area contributed by atoms with E-state index in [0.29, 0.717) is 49.9 Å².